The van der Waals surface area contributed by atoms with Crippen molar-refractivity contribution < 1.29 is 23.1 Å². The first kappa shape index (κ1) is 17.3. The molecule has 1 heterocycles. The van der Waals surface area contributed by atoms with Crippen molar-refractivity contribution in [3.05, 3.63) is 35.4 Å². The van der Waals surface area contributed by atoms with Crippen LogP contribution in [0.1, 0.15) is 33.3 Å². The number of imide groups is 1. The third-order valence-corrected chi connectivity index (χ3v) is 3.59. The topological polar surface area (TPSA) is 58.6 Å². The zero-order valence-corrected chi connectivity index (χ0v) is 13.6. The number of amides is 3. The molecule has 0 aliphatic carbocycles. The van der Waals surface area contributed by atoms with Crippen molar-refractivity contribution in [2.24, 2.45) is 0 Å². The smallest absolute Gasteiger partial charge is 0.325 e. The van der Waals surface area contributed by atoms with Gasteiger partial charge in [-0.25, -0.2) is 13.6 Å². The molecule has 0 unspecified atom stereocenters. The van der Waals surface area contributed by atoms with Crippen molar-refractivity contribution in [1.82, 2.24) is 10.2 Å². The van der Waals surface area contributed by atoms with Crippen molar-refractivity contribution in [3.8, 4) is 0 Å². The van der Waals surface area contributed by atoms with Gasteiger partial charge in [-0.1, -0.05) is 0 Å². The minimum Gasteiger partial charge on any atom is -0.374 e. The molecule has 1 fully saturated rings. The Bertz CT molecular complexity index is 643. The Morgan fingerprint density at radius 2 is 1.91 bits per heavy atom. The van der Waals surface area contributed by atoms with Crippen LogP contribution in [0.25, 0.3) is 0 Å². The molecule has 5 nitrogen and oxygen atoms in total. The summed E-state index contributed by atoms with van der Waals surface area (Å²) >= 11 is 0. The van der Waals surface area contributed by atoms with Crippen LogP contribution in [-0.2, 0) is 15.1 Å². The first-order valence-electron chi connectivity index (χ1n) is 7.28. The van der Waals surface area contributed by atoms with Crippen LogP contribution >= 0.6 is 0 Å². The highest BCUT2D eigenvalue weighted by Gasteiger charge is 2.50. The van der Waals surface area contributed by atoms with E-state index < -0.39 is 34.7 Å². The first-order chi connectivity index (χ1) is 10.5. The van der Waals surface area contributed by atoms with Gasteiger partial charge in [-0.05, 0) is 45.9 Å². The van der Waals surface area contributed by atoms with Gasteiger partial charge in [0, 0.05) is 5.56 Å². The lowest BCUT2D eigenvalue weighted by Crippen LogP contribution is -2.42. The van der Waals surface area contributed by atoms with Gasteiger partial charge in [-0.3, -0.25) is 9.69 Å². The van der Waals surface area contributed by atoms with Gasteiger partial charge in [0.2, 0.25) is 0 Å². The lowest BCUT2D eigenvalue weighted by atomic mass is 9.91. The molecule has 0 saturated carbocycles. The van der Waals surface area contributed by atoms with Crippen LogP contribution in [0.5, 0.6) is 0 Å². The van der Waals surface area contributed by atoms with Crippen molar-refractivity contribution in [2.45, 2.75) is 38.8 Å². The van der Waals surface area contributed by atoms with Gasteiger partial charge < -0.3 is 10.1 Å². The molecule has 1 aromatic carbocycles. The lowest BCUT2D eigenvalue weighted by Gasteiger charge is -2.24. The second-order valence-corrected chi connectivity index (χ2v) is 6.60. The molecule has 1 aliphatic heterocycles. The molecule has 7 heteroatoms. The van der Waals surface area contributed by atoms with E-state index in [0.29, 0.717) is 0 Å². The Labute approximate surface area is 133 Å². The molecule has 0 bridgehead atoms. The fourth-order valence-corrected chi connectivity index (χ4v) is 2.41. The first-order valence-corrected chi connectivity index (χ1v) is 7.28. The van der Waals surface area contributed by atoms with Crippen LogP contribution in [0.3, 0.4) is 0 Å². The van der Waals surface area contributed by atoms with Gasteiger partial charge in [0.15, 0.2) is 0 Å². The highest BCUT2D eigenvalue weighted by molar-refractivity contribution is 6.07. The van der Waals surface area contributed by atoms with E-state index in [1.54, 1.807) is 0 Å². The molecule has 2 rings (SSSR count). The number of nitrogens with zero attached hydrogens (tertiary/aromatic N) is 1. The van der Waals surface area contributed by atoms with E-state index in [1.807, 2.05) is 20.8 Å². The number of rotatable bonds is 4. The van der Waals surface area contributed by atoms with E-state index in [2.05, 4.69) is 5.32 Å². The number of benzene rings is 1. The Morgan fingerprint density at radius 1 is 1.26 bits per heavy atom. The number of urea groups is 1. The van der Waals surface area contributed by atoms with E-state index in [0.717, 1.165) is 23.1 Å². The van der Waals surface area contributed by atoms with Crippen LogP contribution in [0.2, 0.25) is 0 Å². The summed E-state index contributed by atoms with van der Waals surface area (Å²) in [6.07, 6.45) is 0. The van der Waals surface area contributed by atoms with E-state index in [-0.39, 0.29) is 18.7 Å². The zero-order chi connectivity index (χ0) is 17.4. The maximum Gasteiger partial charge on any atom is 0.325 e. The number of hydrogen-bond donors (Lipinski definition) is 1. The monoisotopic (exact) mass is 326 g/mol. The van der Waals surface area contributed by atoms with E-state index in [9.17, 15) is 18.4 Å². The van der Waals surface area contributed by atoms with Crippen LogP contribution in [-0.4, -0.2) is 35.6 Å². The van der Waals surface area contributed by atoms with Crippen molar-refractivity contribution in [3.63, 3.8) is 0 Å². The fourth-order valence-electron chi connectivity index (χ4n) is 2.41. The van der Waals surface area contributed by atoms with Crippen LogP contribution in [0.4, 0.5) is 13.6 Å². The summed E-state index contributed by atoms with van der Waals surface area (Å²) in [7, 11) is 0. The highest BCUT2D eigenvalue weighted by atomic mass is 19.1. The summed E-state index contributed by atoms with van der Waals surface area (Å²) in [5, 5.41) is 2.44. The van der Waals surface area contributed by atoms with Gasteiger partial charge in [-0.15, -0.1) is 0 Å². The molecule has 1 aromatic rings. The number of nitrogens with one attached hydrogen (secondary N) is 1. The van der Waals surface area contributed by atoms with Crippen molar-refractivity contribution in [1.29, 1.82) is 0 Å². The molecule has 0 aromatic heterocycles. The largest absolute Gasteiger partial charge is 0.374 e. The van der Waals surface area contributed by atoms with Crippen molar-refractivity contribution >= 4 is 11.9 Å². The highest BCUT2D eigenvalue weighted by Crippen LogP contribution is 2.31. The van der Waals surface area contributed by atoms with Crippen LogP contribution < -0.4 is 5.32 Å². The number of halogens is 2. The van der Waals surface area contributed by atoms with E-state index in [1.165, 1.54) is 6.92 Å². The maximum absolute atomic E-state index is 14.0. The molecular formula is C16H20F2N2O3. The minimum absolute atomic E-state index is 0.0362. The predicted molar refractivity (Wildman–Crippen MR) is 79.7 cm³/mol. The van der Waals surface area contributed by atoms with E-state index in [4.69, 9.17) is 4.74 Å². The normalized spacial score (nSPS) is 21.7. The van der Waals surface area contributed by atoms with Crippen molar-refractivity contribution in [2.75, 3.05) is 13.2 Å². The SMILES string of the molecule is CC(C)(C)OCCN1C(=O)N[C@@](C)(c2cc(F)ccc2F)C1=O. The number of carbonyl (C=O) groups excluding carboxylic acids is 2. The second kappa shape index (κ2) is 5.88. The minimum atomic E-state index is -1.63. The average molecular weight is 326 g/mol. The van der Waals surface area contributed by atoms with E-state index >= 15 is 0 Å². The standard InChI is InChI=1S/C16H20F2N2O3/c1-15(2,3)23-8-7-20-13(21)16(4,19-14(20)22)11-9-10(17)5-6-12(11)18/h5-6,9H,7-8H2,1-4H3,(H,19,22)/t16-/m0/s1. The summed E-state index contributed by atoms with van der Waals surface area (Å²) < 4.78 is 32.9. The summed E-state index contributed by atoms with van der Waals surface area (Å²) in [6.45, 7) is 7.11. The van der Waals surface area contributed by atoms with Gasteiger partial charge in [0.1, 0.15) is 17.2 Å². The predicted octanol–water partition coefficient (Wildman–Crippen LogP) is 2.55. The third-order valence-electron chi connectivity index (χ3n) is 3.59. The molecule has 3 amide bonds. The number of ether oxygens (including phenoxy) is 1. The summed E-state index contributed by atoms with van der Waals surface area (Å²) in [6, 6.07) is 2.15. The average Bonchev–Trinajstić information content (AvgIpc) is 2.64. The Hall–Kier alpha value is -2.02. The third kappa shape index (κ3) is 3.50. The molecule has 1 N–H and O–H groups in total. The Balaban J connectivity index is 2.21. The summed E-state index contributed by atoms with van der Waals surface area (Å²) in [4.78, 5) is 25.6. The molecule has 1 atom stereocenters. The van der Waals surface area contributed by atoms with Gasteiger partial charge in [0.05, 0.1) is 18.8 Å². The van der Waals surface area contributed by atoms with Crippen LogP contribution in [0, 0.1) is 11.6 Å². The van der Waals surface area contributed by atoms with Gasteiger partial charge in [0.25, 0.3) is 5.91 Å². The zero-order valence-electron chi connectivity index (χ0n) is 13.6. The lowest BCUT2D eigenvalue weighted by molar-refractivity contribution is -0.132. The number of hydrogen-bond acceptors (Lipinski definition) is 3. The Morgan fingerprint density at radius 3 is 2.52 bits per heavy atom. The van der Waals surface area contributed by atoms with Gasteiger partial charge in [-0.2, -0.15) is 0 Å². The fraction of sp³-hybridized carbons (Fsp3) is 0.500. The Kier molecular flexibility index (Phi) is 4.43. The van der Waals surface area contributed by atoms with Gasteiger partial charge >= 0.3 is 6.03 Å². The molecule has 1 aliphatic rings. The molecule has 126 valence electrons. The quantitative estimate of drug-likeness (QED) is 0.865. The molecular weight excluding hydrogens is 306 g/mol. The molecule has 1 saturated heterocycles. The molecule has 0 radical (unpaired) electrons. The molecule has 0 spiro atoms. The summed E-state index contributed by atoms with van der Waals surface area (Å²) in [5.41, 5.74) is -2.24. The number of carbonyl (C=O) groups is 2. The maximum atomic E-state index is 14.0. The second-order valence-electron chi connectivity index (χ2n) is 6.60. The summed E-state index contributed by atoms with van der Waals surface area (Å²) in [5.74, 6) is -2.07. The molecule has 23 heavy (non-hydrogen) atoms. The van der Waals surface area contributed by atoms with Crippen LogP contribution in [0.15, 0.2) is 18.2 Å².